The van der Waals surface area contributed by atoms with Gasteiger partial charge in [-0.1, -0.05) is 0 Å². The van der Waals surface area contributed by atoms with Crippen molar-refractivity contribution < 1.29 is 167 Å². The number of carbonyl (C=O) groups is 5. The fourth-order valence-corrected chi connectivity index (χ4v) is 8.95. The Morgan fingerprint density at radius 3 is 1.36 bits per heavy atom. The van der Waals surface area contributed by atoms with E-state index in [1.807, 2.05) is 0 Å². The molecule has 0 aromatic heterocycles. The van der Waals surface area contributed by atoms with Crippen LogP contribution in [0.3, 0.4) is 0 Å². The Balaban J connectivity index is 1.51. The van der Waals surface area contributed by atoms with Gasteiger partial charge in [0, 0.05) is 13.8 Å². The molecule has 5 rings (SSSR count). The van der Waals surface area contributed by atoms with E-state index in [0.717, 1.165) is 13.8 Å². The van der Waals surface area contributed by atoms with Crippen LogP contribution in [0.2, 0.25) is 0 Å². The summed E-state index contributed by atoms with van der Waals surface area (Å²) in [4.78, 5) is 62.0. The first-order valence-electron chi connectivity index (χ1n) is 20.9. The summed E-state index contributed by atoms with van der Waals surface area (Å²) in [5.74, 6) is -8.22. The van der Waals surface area contributed by atoms with Crippen molar-refractivity contribution in [1.82, 2.24) is 10.6 Å². The van der Waals surface area contributed by atoms with Crippen molar-refractivity contribution in [3.05, 3.63) is 0 Å². The standard InChI is InChI=1S/C34H52N2O35S2/c1-5(38)35-9-20(11(40)8(4-61-72(55,56)57)63-31(9)67-22-14(43)16(45)30(54)64-25(22)28(50)51)65-34-18(47)15(44)23(26(70-34)29(52)53)68-32-10(36-6(2)39)21(19(7(3-37)62-32)71-73(58,59)60)66-33-17(46)12(41)13(42)24(69-33)27(48)49/h7-26,30-34,37,40-47,54H,3-4H2,1-2H3,(H,35,38)(H,36,39)(H,48,49)(H,50,51)(H,52,53)(H,55,56,57)(H,58,59,60)/t7-,8-,9-,10-,11+,12+,13+,14-,15-,16-,17-,18-,19+,20-,21-,22-,23+,24+,25+,26+,30-,31+,32+,33-,34-/m1/s1. The molecule has 17 N–H and O–H groups in total. The Morgan fingerprint density at radius 1 is 0.466 bits per heavy atom. The third-order valence-electron chi connectivity index (χ3n) is 11.4. The molecule has 5 saturated heterocycles. The molecule has 0 radical (unpaired) electrons. The predicted octanol–water partition coefficient (Wildman–Crippen LogP) is -11.7. The second-order valence-corrected chi connectivity index (χ2v) is 18.7. The van der Waals surface area contributed by atoms with Gasteiger partial charge in [-0.25, -0.2) is 22.7 Å². The molecule has 0 saturated carbocycles. The van der Waals surface area contributed by atoms with Gasteiger partial charge in [-0.3, -0.25) is 18.7 Å². The highest BCUT2D eigenvalue weighted by atomic mass is 32.3. The molecule has 25 atom stereocenters. The normalized spacial score (nSPS) is 43.6. The Morgan fingerprint density at radius 2 is 0.890 bits per heavy atom. The van der Waals surface area contributed by atoms with Crippen LogP contribution in [0, 0.1) is 0 Å². The van der Waals surface area contributed by atoms with Gasteiger partial charge in [0.1, 0.15) is 104 Å². The lowest BCUT2D eigenvalue weighted by molar-refractivity contribution is -0.373. The van der Waals surface area contributed by atoms with Crippen LogP contribution in [0.25, 0.3) is 0 Å². The Kier molecular flexibility index (Phi) is 19.9. The van der Waals surface area contributed by atoms with Crippen molar-refractivity contribution in [2.75, 3.05) is 13.2 Å². The number of carboxylic acid groups (broad SMARTS) is 3. The van der Waals surface area contributed by atoms with Crippen LogP contribution in [0.5, 0.6) is 0 Å². The summed E-state index contributed by atoms with van der Waals surface area (Å²) < 4.78 is 124. The van der Waals surface area contributed by atoms with Crippen LogP contribution in [0.1, 0.15) is 13.8 Å². The summed E-state index contributed by atoms with van der Waals surface area (Å²) in [6.45, 7) is -1.16. The lowest BCUT2D eigenvalue weighted by atomic mass is 9.93. The molecule has 37 nitrogen and oxygen atoms in total. The molecule has 5 heterocycles. The second-order valence-electron chi connectivity index (χ2n) is 16.6. The van der Waals surface area contributed by atoms with Crippen LogP contribution in [-0.2, 0) is 95.8 Å². The summed E-state index contributed by atoms with van der Waals surface area (Å²) in [7, 11) is -11.0. The Bertz CT molecular complexity index is 2190. The molecule has 0 spiro atoms. The van der Waals surface area contributed by atoms with Gasteiger partial charge >= 0.3 is 38.7 Å². The van der Waals surface area contributed by atoms with E-state index in [0.29, 0.717) is 0 Å². The lowest BCUT2D eigenvalue weighted by Crippen LogP contribution is -2.71. The minimum absolute atomic E-state index is 0.791. The van der Waals surface area contributed by atoms with Crippen LogP contribution in [0.15, 0.2) is 0 Å². The molecule has 39 heteroatoms. The number of aliphatic hydroxyl groups is 10. The van der Waals surface area contributed by atoms with E-state index in [9.17, 15) is 116 Å². The fourth-order valence-electron chi connectivity index (χ4n) is 8.13. The minimum atomic E-state index is -5.66. The van der Waals surface area contributed by atoms with Gasteiger partial charge in [-0.2, -0.15) is 16.8 Å². The zero-order chi connectivity index (χ0) is 54.9. The minimum Gasteiger partial charge on any atom is -0.479 e. The Labute approximate surface area is 408 Å². The van der Waals surface area contributed by atoms with E-state index in [2.05, 4.69) is 19.0 Å². The summed E-state index contributed by atoms with van der Waals surface area (Å²) in [6, 6.07) is -4.32. The van der Waals surface area contributed by atoms with Crippen LogP contribution in [-0.4, -0.2) is 289 Å². The number of ether oxygens (including phenoxy) is 9. The highest BCUT2D eigenvalue weighted by Crippen LogP contribution is 2.37. The number of hydrogen-bond acceptors (Lipinski definition) is 30. The maximum absolute atomic E-state index is 12.9. The molecule has 420 valence electrons. The highest BCUT2D eigenvalue weighted by molar-refractivity contribution is 7.81. The monoisotopic (exact) mass is 1110 g/mol. The lowest BCUT2D eigenvalue weighted by Gasteiger charge is -2.50. The van der Waals surface area contributed by atoms with Crippen molar-refractivity contribution >= 4 is 50.5 Å². The molecule has 0 aromatic rings. The summed E-state index contributed by atoms with van der Waals surface area (Å²) in [5, 5.41) is 141. The fraction of sp³-hybridized carbons (Fsp3) is 0.853. The highest BCUT2D eigenvalue weighted by Gasteiger charge is 2.60. The predicted molar refractivity (Wildman–Crippen MR) is 212 cm³/mol. The van der Waals surface area contributed by atoms with Crippen LogP contribution >= 0.6 is 0 Å². The van der Waals surface area contributed by atoms with Crippen molar-refractivity contribution in [2.24, 2.45) is 0 Å². The maximum atomic E-state index is 12.9. The van der Waals surface area contributed by atoms with Crippen molar-refractivity contribution in [1.29, 1.82) is 0 Å². The van der Waals surface area contributed by atoms with E-state index in [-0.39, 0.29) is 0 Å². The zero-order valence-electron chi connectivity index (χ0n) is 37.0. The van der Waals surface area contributed by atoms with Gasteiger partial charge in [0.2, 0.25) is 11.8 Å². The van der Waals surface area contributed by atoms with Gasteiger partial charge in [0.25, 0.3) is 0 Å². The zero-order valence-corrected chi connectivity index (χ0v) is 38.7. The molecule has 0 aliphatic carbocycles. The topological polar surface area (TPSA) is 583 Å². The van der Waals surface area contributed by atoms with Crippen molar-refractivity contribution in [3.63, 3.8) is 0 Å². The number of aliphatic hydroxyl groups excluding tert-OH is 10. The molecule has 0 aromatic carbocycles. The van der Waals surface area contributed by atoms with E-state index in [1.54, 1.807) is 0 Å². The largest absolute Gasteiger partial charge is 0.479 e. The van der Waals surface area contributed by atoms with E-state index in [1.165, 1.54) is 0 Å². The first kappa shape index (κ1) is 60.2. The first-order valence-corrected chi connectivity index (χ1v) is 23.6. The molecule has 5 fully saturated rings. The number of hydrogen-bond donors (Lipinski definition) is 17. The quantitative estimate of drug-likeness (QED) is 0.0534. The molecule has 5 aliphatic heterocycles. The van der Waals surface area contributed by atoms with Crippen molar-refractivity contribution in [2.45, 2.75) is 167 Å². The third kappa shape index (κ3) is 14.2. The number of aliphatic carboxylic acids is 3. The summed E-state index contributed by atoms with van der Waals surface area (Å²) in [6.07, 6.45) is -55.3. The average Bonchev–Trinajstić information content (AvgIpc) is 3.27. The van der Waals surface area contributed by atoms with Gasteiger partial charge in [-0.15, -0.1) is 0 Å². The van der Waals surface area contributed by atoms with Gasteiger partial charge in [0.05, 0.1) is 13.2 Å². The molecular weight excluding hydrogens is 1060 g/mol. The smallest absolute Gasteiger partial charge is 0.397 e. The number of nitrogens with one attached hydrogen (secondary N) is 2. The number of amides is 2. The number of rotatable bonds is 19. The van der Waals surface area contributed by atoms with Crippen LogP contribution in [0.4, 0.5) is 0 Å². The molecular formula is C34H52N2O35S2. The van der Waals surface area contributed by atoms with Gasteiger partial charge in [-0.05, 0) is 0 Å². The molecule has 73 heavy (non-hydrogen) atoms. The van der Waals surface area contributed by atoms with E-state index < -0.39 is 217 Å². The SMILES string of the molecule is CC(=O)N[C@H]1[C@H](O[C@H]2[C@H](O)[C@@H](O)[C@H](O[C@H]3[C@@H](O)[C@@H](COS(=O)(=O)O)O[C@@H](O[C@@H]4[C@H](O)[C@@H](O)[C@H](O)O[C@@H]4C(=O)O)[C@@H]3NC(C)=O)O[C@@H]2C(=O)O)O[C@H](CO)[C@H](OS(=O)(=O)O)[C@@H]1O[C@@H]1O[C@H](C(=O)O)[C@@H](O)[C@H](O)[C@H]1O. The van der Waals surface area contributed by atoms with E-state index in [4.69, 9.17) is 42.6 Å². The molecule has 0 unspecified atom stereocenters. The first-order chi connectivity index (χ1) is 33.8. The van der Waals surface area contributed by atoms with Crippen LogP contribution < -0.4 is 10.6 Å². The van der Waals surface area contributed by atoms with Gasteiger partial charge < -0.3 is 120 Å². The second kappa shape index (κ2) is 24.1. The third-order valence-corrected chi connectivity index (χ3v) is 12.3. The summed E-state index contributed by atoms with van der Waals surface area (Å²) >= 11 is 0. The number of carbonyl (C=O) groups excluding carboxylic acids is 2. The Hall–Kier alpha value is -3.67. The molecule has 2 amide bonds. The van der Waals surface area contributed by atoms with Gasteiger partial charge in [0.15, 0.2) is 49.8 Å². The average molecular weight is 1110 g/mol. The number of carboxylic acids is 3. The molecule has 5 aliphatic rings. The maximum Gasteiger partial charge on any atom is 0.397 e. The van der Waals surface area contributed by atoms with E-state index >= 15 is 0 Å². The summed E-state index contributed by atoms with van der Waals surface area (Å²) in [5.41, 5.74) is 0. The van der Waals surface area contributed by atoms with Crippen molar-refractivity contribution in [3.8, 4) is 0 Å². The molecule has 0 bridgehead atoms.